The number of nitrogens with one attached hydrogen (secondary N) is 1. The quantitative estimate of drug-likeness (QED) is 0.622. The number of amides is 1. The van der Waals surface area contributed by atoms with Crippen LogP contribution < -0.4 is 5.32 Å². The zero-order chi connectivity index (χ0) is 9.84. The predicted molar refractivity (Wildman–Crippen MR) is 52.6 cm³/mol. The van der Waals surface area contributed by atoms with Crippen molar-refractivity contribution in [2.24, 2.45) is 0 Å². The average molecular weight is 185 g/mol. The van der Waals surface area contributed by atoms with Crippen molar-refractivity contribution < 1.29 is 4.79 Å². The fourth-order valence-electron chi connectivity index (χ4n) is 1.52. The Hall–Kier alpha value is -0.610. The molecule has 13 heavy (non-hydrogen) atoms. The Labute approximate surface area is 79.9 Å². The SMILES string of the molecule is CN1CCNC(CC(=O)N(C)C)C1. The van der Waals surface area contributed by atoms with E-state index in [4.69, 9.17) is 0 Å². The summed E-state index contributed by atoms with van der Waals surface area (Å²) in [6.45, 7) is 3.04. The van der Waals surface area contributed by atoms with Crippen LogP contribution in [0.25, 0.3) is 0 Å². The number of rotatable bonds is 2. The number of carbonyl (C=O) groups excluding carboxylic acids is 1. The second kappa shape index (κ2) is 4.58. The Morgan fingerprint density at radius 2 is 2.31 bits per heavy atom. The first kappa shape index (κ1) is 10.5. The summed E-state index contributed by atoms with van der Waals surface area (Å²) in [5.41, 5.74) is 0. The van der Waals surface area contributed by atoms with E-state index in [1.165, 1.54) is 0 Å². The van der Waals surface area contributed by atoms with Gasteiger partial charge in [0.1, 0.15) is 0 Å². The van der Waals surface area contributed by atoms with E-state index in [9.17, 15) is 4.79 Å². The summed E-state index contributed by atoms with van der Waals surface area (Å²) in [6.07, 6.45) is 0.608. The van der Waals surface area contributed by atoms with E-state index < -0.39 is 0 Å². The summed E-state index contributed by atoms with van der Waals surface area (Å²) < 4.78 is 0. The molecule has 0 aromatic rings. The molecule has 0 aromatic heterocycles. The van der Waals surface area contributed by atoms with Gasteiger partial charge in [0, 0.05) is 46.2 Å². The van der Waals surface area contributed by atoms with Crippen LogP contribution in [-0.2, 0) is 4.79 Å². The third-order valence-electron chi connectivity index (χ3n) is 2.38. The van der Waals surface area contributed by atoms with E-state index in [1.807, 2.05) is 0 Å². The van der Waals surface area contributed by atoms with Crippen LogP contribution in [0.1, 0.15) is 6.42 Å². The first-order valence-corrected chi connectivity index (χ1v) is 4.71. The number of carbonyl (C=O) groups is 1. The first-order chi connectivity index (χ1) is 6.09. The van der Waals surface area contributed by atoms with Gasteiger partial charge < -0.3 is 15.1 Å². The van der Waals surface area contributed by atoms with Crippen molar-refractivity contribution >= 4 is 5.91 Å². The Balaban J connectivity index is 2.31. The molecule has 1 N–H and O–H groups in total. The summed E-state index contributed by atoms with van der Waals surface area (Å²) in [5.74, 6) is 0.202. The molecule has 1 heterocycles. The maximum atomic E-state index is 11.4. The lowest BCUT2D eigenvalue weighted by molar-refractivity contribution is -0.129. The van der Waals surface area contributed by atoms with Gasteiger partial charge in [0.25, 0.3) is 0 Å². The van der Waals surface area contributed by atoms with Crippen LogP contribution in [0.5, 0.6) is 0 Å². The summed E-state index contributed by atoms with van der Waals surface area (Å²) in [6, 6.07) is 0.327. The molecule has 1 fully saturated rings. The highest BCUT2D eigenvalue weighted by Gasteiger charge is 2.19. The van der Waals surface area contributed by atoms with E-state index in [0.717, 1.165) is 19.6 Å². The second-order valence-electron chi connectivity index (χ2n) is 3.91. The fourth-order valence-corrected chi connectivity index (χ4v) is 1.52. The third-order valence-corrected chi connectivity index (χ3v) is 2.38. The lowest BCUT2D eigenvalue weighted by atomic mass is 10.1. The van der Waals surface area contributed by atoms with E-state index >= 15 is 0 Å². The van der Waals surface area contributed by atoms with E-state index in [1.54, 1.807) is 19.0 Å². The van der Waals surface area contributed by atoms with E-state index in [-0.39, 0.29) is 5.91 Å². The van der Waals surface area contributed by atoms with Crippen LogP contribution in [0.4, 0.5) is 0 Å². The lowest BCUT2D eigenvalue weighted by Gasteiger charge is -2.31. The second-order valence-corrected chi connectivity index (χ2v) is 3.91. The van der Waals surface area contributed by atoms with Crippen molar-refractivity contribution in [1.82, 2.24) is 15.1 Å². The minimum Gasteiger partial charge on any atom is -0.349 e. The molecule has 76 valence electrons. The van der Waals surface area contributed by atoms with Gasteiger partial charge in [0.2, 0.25) is 5.91 Å². The Morgan fingerprint density at radius 1 is 1.62 bits per heavy atom. The third kappa shape index (κ3) is 3.32. The lowest BCUT2D eigenvalue weighted by Crippen LogP contribution is -2.50. The number of hydrogen-bond donors (Lipinski definition) is 1. The van der Waals surface area contributed by atoms with Crippen molar-refractivity contribution in [1.29, 1.82) is 0 Å². The Bertz CT molecular complexity index is 182. The average Bonchev–Trinajstić information content (AvgIpc) is 2.04. The van der Waals surface area contributed by atoms with E-state index in [0.29, 0.717) is 12.5 Å². The molecular formula is C9H19N3O. The van der Waals surface area contributed by atoms with Gasteiger partial charge in [-0.3, -0.25) is 4.79 Å². The molecule has 1 saturated heterocycles. The highest BCUT2D eigenvalue weighted by molar-refractivity contribution is 5.76. The van der Waals surface area contributed by atoms with Crippen molar-refractivity contribution in [3.8, 4) is 0 Å². The molecule has 0 aromatic carbocycles. The summed E-state index contributed by atoms with van der Waals surface area (Å²) in [7, 11) is 5.69. The topological polar surface area (TPSA) is 35.6 Å². The minimum absolute atomic E-state index is 0.202. The molecule has 4 nitrogen and oxygen atoms in total. The molecular weight excluding hydrogens is 166 g/mol. The molecule has 0 radical (unpaired) electrons. The van der Waals surface area contributed by atoms with Crippen LogP contribution in [0, 0.1) is 0 Å². The molecule has 0 aliphatic carbocycles. The molecule has 1 aliphatic rings. The molecule has 4 heteroatoms. The van der Waals surface area contributed by atoms with Gasteiger partial charge in [0.15, 0.2) is 0 Å². The van der Waals surface area contributed by atoms with Gasteiger partial charge >= 0.3 is 0 Å². The standard InChI is InChI=1S/C9H19N3O/c1-11(2)9(13)6-8-7-12(3)5-4-10-8/h8,10H,4-7H2,1-3H3. The maximum Gasteiger partial charge on any atom is 0.223 e. The van der Waals surface area contributed by atoms with Crippen LogP contribution in [0.2, 0.25) is 0 Å². The molecule has 1 rings (SSSR count). The van der Waals surface area contributed by atoms with Crippen molar-refractivity contribution in [2.45, 2.75) is 12.5 Å². The largest absolute Gasteiger partial charge is 0.349 e. The molecule has 1 aliphatic heterocycles. The van der Waals surface area contributed by atoms with Crippen molar-refractivity contribution in [2.75, 3.05) is 40.8 Å². The van der Waals surface area contributed by atoms with Gasteiger partial charge in [-0.05, 0) is 7.05 Å². The molecule has 0 spiro atoms. The Morgan fingerprint density at radius 3 is 2.85 bits per heavy atom. The van der Waals surface area contributed by atoms with E-state index in [2.05, 4.69) is 17.3 Å². The van der Waals surface area contributed by atoms with Gasteiger partial charge in [-0.25, -0.2) is 0 Å². The molecule has 1 atom stereocenters. The maximum absolute atomic E-state index is 11.4. The van der Waals surface area contributed by atoms with Crippen LogP contribution in [-0.4, -0.2) is 62.5 Å². The normalized spacial score (nSPS) is 24.4. The molecule has 0 bridgehead atoms. The number of piperazine rings is 1. The number of hydrogen-bond acceptors (Lipinski definition) is 3. The van der Waals surface area contributed by atoms with Crippen LogP contribution >= 0.6 is 0 Å². The zero-order valence-electron chi connectivity index (χ0n) is 8.71. The number of likely N-dealkylation sites (N-methyl/N-ethyl adjacent to an activating group) is 1. The van der Waals surface area contributed by atoms with Crippen LogP contribution in [0.3, 0.4) is 0 Å². The minimum atomic E-state index is 0.202. The fraction of sp³-hybridized carbons (Fsp3) is 0.889. The Kier molecular flexibility index (Phi) is 3.69. The zero-order valence-corrected chi connectivity index (χ0v) is 8.71. The monoisotopic (exact) mass is 185 g/mol. The summed E-state index contributed by atoms with van der Waals surface area (Å²) >= 11 is 0. The van der Waals surface area contributed by atoms with Crippen molar-refractivity contribution in [3.63, 3.8) is 0 Å². The van der Waals surface area contributed by atoms with Gasteiger partial charge in [-0.15, -0.1) is 0 Å². The predicted octanol–water partition coefficient (Wildman–Crippen LogP) is -0.632. The first-order valence-electron chi connectivity index (χ1n) is 4.71. The summed E-state index contributed by atoms with van der Waals surface area (Å²) in [4.78, 5) is 15.3. The molecule has 1 amide bonds. The smallest absolute Gasteiger partial charge is 0.223 e. The van der Waals surface area contributed by atoms with Crippen molar-refractivity contribution in [3.05, 3.63) is 0 Å². The highest BCUT2D eigenvalue weighted by atomic mass is 16.2. The summed E-state index contributed by atoms with van der Waals surface area (Å²) in [5, 5.41) is 3.35. The molecule has 0 saturated carbocycles. The van der Waals surface area contributed by atoms with Gasteiger partial charge in [0.05, 0.1) is 0 Å². The molecule has 1 unspecified atom stereocenters. The van der Waals surface area contributed by atoms with Crippen LogP contribution in [0.15, 0.2) is 0 Å². The highest BCUT2D eigenvalue weighted by Crippen LogP contribution is 2.01. The number of nitrogens with zero attached hydrogens (tertiary/aromatic N) is 2. The van der Waals surface area contributed by atoms with Gasteiger partial charge in [-0.1, -0.05) is 0 Å². The van der Waals surface area contributed by atoms with Gasteiger partial charge in [-0.2, -0.15) is 0 Å².